The molecule has 0 aliphatic carbocycles. The highest BCUT2D eigenvalue weighted by Crippen LogP contribution is 2.20. The van der Waals surface area contributed by atoms with Crippen LogP contribution in [0.15, 0.2) is 47.6 Å². The van der Waals surface area contributed by atoms with Gasteiger partial charge in [0.1, 0.15) is 5.82 Å². The molecule has 1 aromatic carbocycles. The fraction of sp³-hybridized carbons (Fsp3) is 0.0833. The minimum Gasteiger partial charge on any atom is -0.249 e. The summed E-state index contributed by atoms with van der Waals surface area (Å²) >= 11 is 1.60. The molecule has 1 heterocycles. The number of hydrogen-bond donors (Lipinski definition) is 0. The third-order valence-electron chi connectivity index (χ3n) is 2.12. The van der Waals surface area contributed by atoms with E-state index in [9.17, 15) is 4.39 Å². The standard InChI is InChI=1S/C12H10FNS/c1-15-12-7-4-10(8-14-12)9-2-5-11(13)6-3-9/h2-8H,1H3. The highest BCUT2D eigenvalue weighted by atomic mass is 32.2. The van der Waals surface area contributed by atoms with Gasteiger partial charge in [0.2, 0.25) is 0 Å². The molecule has 0 amide bonds. The number of pyridine rings is 1. The first-order chi connectivity index (χ1) is 7.29. The molecule has 15 heavy (non-hydrogen) atoms. The van der Waals surface area contributed by atoms with Gasteiger partial charge >= 0.3 is 0 Å². The fourth-order valence-electron chi connectivity index (χ4n) is 1.31. The van der Waals surface area contributed by atoms with E-state index in [-0.39, 0.29) is 5.82 Å². The van der Waals surface area contributed by atoms with E-state index in [0.29, 0.717) is 0 Å². The van der Waals surface area contributed by atoms with Gasteiger partial charge in [-0.1, -0.05) is 18.2 Å². The van der Waals surface area contributed by atoms with Gasteiger partial charge in [-0.2, -0.15) is 0 Å². The van der Waals surface area contributed by atoms with E-state index in [1.807, 2.05) is 18.4 Å². The van der Waals surface area contributed by atoms with E-state index >= 15 is 0 Å². The van der Waals surface area contributed by atoms with Gasteiger partial charge in [-0.3, -0.25) is 0 Å². The Labute approximate surface area is 92.4 Å². The van der Waals surface area contributed by atoms with Crippen molar-refractivity contribution in [3.63, 3.8) is 0 Å². The average Bonchev–Trinajstić information content (AvgIpc) is 2.30. The van der Waals surface area contributed by atoms with E-state index in [1.54, 1.807) is 30.1 Å². The lowest BCUT2D eigenvalue weighted by atomic mass is 10.1. The maximum atomic E-state index is 12.7. The average molecular weight is 219 g/mol. The van der Waals surface area contributed by atoms with Crippen molar-refractivity contribution < 1.29 is 4.39 Å². The summed E-state index contributed by atoms with van der Waals surface area (Å²) in [5, 5.41) is 0.987. The van der Waals surface area contributed by atoms with Gasteiger partial charge in [0.05, 0.1) is 5.03 Å². The van der Waals surface area contributed by atoms with Crippen LogP contribution in [0.3, 0.4) is 0 Å². The topological polar surface area (TPSA) is 12.9 Å². The van der Waals surface area contributed by atoms with Crippen LogP contribution in [-0.4, -0.2) is 11.2 Å². The summed E-state index contributed by atoms with van der Waals surface area (Å²) in [6.45, 7) is 0. The zero-order chi connectivity index (χ0) is 10.7. The lowest BCUT2D eigenvalue weighted by Gasteiger charge is -2.01. The third-order valence-corrected chi connectivity index (χ3v) is 2.78. The first-order valence-electron chi connectivity index (χ1n) is 4.55. The number of halogens is 1. The molecule has 1 nitrogen and oxygen atoms in total. The molecule has 0 aliphatic heterocycles. The second-order valence-electron chi connectivity index (χ2n) is 3.10. The zero-order valence-corrected chi connectivity index (χ0v) is 9.09. The SMILES string of the molecule is CSc1ccc(-c2ccc(F)cc2)cn1. The van der Waals surface area contributed by atoms with Crippen molar-refractivity contribution in [3.05, 3.63) is 48.4 Å². The highest BCUT2D eigenvalue weighted by molar-refractivity contribution is 7.98. The van der Waals surface area contributed by atoms with E-state index in [0.717, 1.165) is 16.2 Å². The molecule has 2 rings (SSSR count). The summed E-state index contributed by atoms with van der Waals surface area (Å²) in [4.78, 5) is 4.27. The van der Waals surface area contributed by atoms with Crippen LogP contribution >= 0.6 is 11.8 Å². The Balaban J connectivity index is 2.33. The molecular formula is C12H10FNS. The molecule has 0 radical (unpaired) electrons. The fourth-order valence-corrected chi connectivity index (χ4v) is 1.68. The Morgan fingerprint density at radius 3 is 2.20 bits per heavy atom. The Hall–Kier alpha value is -1.35. The summed E-state index contributed by atoms with van der Waals surface area (Å²) in [5.74, 6) is -0.215. The molecule has 3 heteroatoms. The Kier molecular flexibility index (Phi) is 3.02. The summed E-state index contributed by atoms with van der Waals surface area (Å²) in [7, 11) is 0. The van der Waals surface area contributed by atoms with Crippen LogP contribution < -0.4 is 0 Å². The number of nitrogens with zero attached hydrogens (tertiary/aromatic N) is 1. The Morgan fingerprint density at radius 1 is 1.00 bits per heavy atom. The molecule has 2 aromatic rings. The normalized spacial score (nSPS) is 10.3. The minimum absolute atomic E-state index is 0.215. The van der Waals surface area contributed by atoms with Crippen molar-refractivity contribution in [2.45, 2.75) is 5.03 Å². The van der Waals surface area contributed by atoms with Gasteiger partial charge in [-0.05, 0) is 30.0 Å². The zero-order valence-electron chi connectivity index (χ0n) is 8.27. The van der Waals surface area contributed by atoms with Crippen LogP contribution in [0.25, 0.3) is 11.1 Å². The second kappa shape index (κ2) is 4.45. The van der Waals surface area contributed by atoms with Crippen molar-refractivity contribution in [2.75, 3.05) is 6.26 Å². The molecule has 76 valence electrons. The van der Waals surface area contributed by atoms with E-state index in [1.165, 1.54) is 12.1 Å². The van der Waals surface area contributed by atoms with Crippen LogP contribution in [-0.2, 0) is 0 Å². The van der Waals surface area contributed by atoms with Crippen molar-refractivity contribution in [1.82, 2.24) is 4.98 Å². The Morgan fingerprint density at radius 2 is 1.67 bits per heavy atom. The number of aromatic nitrogens is 1. The van der Waals surface area contributed by atoms with Gasteiger partial charge in [-0.25, -0.2) is 9.37 Å². The van der Waals surface area contributed by atoms with Crippen LogP contribution in [0, 0.1) is 5.82 Å². The second-order valence-corrected chi connectivity index (χ2v) is 3.92. The summed E-state index contributed by atoms with van der Waals surface area (Å²) in [6, 6.07) is 10.4. The highest BCUT2D eigenvalue weighted by Gasteiger charge is 1.98. The van der Waals surface area contributed by atoms with Crippen LogP contribution in [0.1, 0.15) is 0 Å². The largest absolute Gasteiger partial charge is 0.249 e. The van der Waals surface area contributed by atoms with Crippen molar-refractivity contribution in [1.29, 1.82) is 0 Å². The molecule has 0 bridgehead atoms. The monoisotopic (exact) mass is 219 g/mol. The lowest BCUT2D eigenvalue weighted by Crippen LogP contribution is -1.82. The maximum absolute atomic E-state index is 12.7. The van der Waals surface area contributed by atoms with Crippen molar-refractivity contribution in [2.24, 2.45) is 0 Å². The van der Waals surface area contributed by atoms with E-state index in [4.69, 9.17) is 0 Å². The lowest BCUT2D eigenvalue weighted by molar-refractivity contribution is 0.628. The summed E-state index contributed by atoms with van der Waals surface area (Å²) in [5.41, 5.74) is 1.99. The quantitative estimate of drug-likeness (QED) is 0.716. The first-order valence-corrected chi connectivity index (χ1v) is 5.78. The molecule has 0 fully saturated rings. The molecule has 0 atom stereocenters. The van der Waals surface area contributed by atoms with Gasteiger partial charge < -0.3 is 0 Å². The molecule has 0 unspecified atom stereocenters. The molecule has 0 aliphatic rings. The van der Waals surface area contributed by atoms with Crippen LogP contribution in [0.2, 0.25) is 0 Å². The molecule has 0 spiro atoms. The van der Waals surface area contributed by atoms with Gasteiger partial charge in [-0.15, -0.1) is 11.8 Å². The molecule has 0 saturated carbocycles. The molecule has 0 saturated heterocycles. The van der Waals surface area contributed by atoms with E-state index in [2.05, 4.69) is 4.98 Å². The Bertz CT molecular complexity index is 436. The van der Waals surface area contributed by atoms with E-state index < -0.39 is 0 Å². The van der Waals surface area contributed by atoms with Gasteiger partial charge in [0.15, 0.2) is 0 Å². The first kappa shape index (κ1) is 10.2. The smallest absolute Gasteiger partial charge is 0.123 e. The minimum atomic E-state index is -0.215. The number of rotatable bonds is 2. The molecule has 1 aromatic heterocycles. The summed E-state index contributed by atoms with van der Waals surface area (Å²) in [6.07, 6.45) is 3.79. The van der Waals surface area contributed by atoms with Crippen LogP contribution in [0.5, 0.6) is 0 Å². The predicted octanol–water partition coefficient (Wildman–Crippen LogP) is 3.61. The predicted molar refractivity (Wildman–Crippen MR) is 61.4 cm³/mol. The molecular weight excluding hydrogens is 209 g/mol. The third kappa shape index (κ3) is 2.36. The number of hydrogen-bond acceptors (Lipinski definition) is 2. The number of benzene rings is 1. The van der Waals surface area contributed by atoms with Gasteiger partial charge in [0.25, 0.3) is 0 Å². The number of thioether (sulfide) groups is 1. The maximum Gasteiger partial charge on any atom is 0.123 e. The van der Waals surface area contributed by atoms with Crippen molar-refractivity contribution in [3.8, 4) is 11.1 Å². The van der Waals surface area contributed by atoms with Crippen molar-refractivity contribution >= 4 is 11.8 Å². The summed E-state index contributed by atoms with van der Waals surface area (Å²) < 4.78 is 12.7. The van der Waals surface area contributed by atoms with Gasteiger partial charge in [0, 0.05) is 11.8 Å². The molecule has 0 N–H and O–H groups in total. The van der Waals surface area contributed by atoms with Crippen LogP contribution in [0.4, 0.5) is 4.39 Å².